The SMILES string of the molecule is O=C(N[C@@H]1CN2CCC1CC2)c1n[nH]c2ccc(OC3CCOCC3)cc12.O=CO. The summed E-state index contributed by atoms with van der Waals surface area (Å²) in [5.41, 5.74) is 1.31. The van der Waals surface area contributed by atoms with Gasteiger partial charge in [-0.1, -0.05) is 0 Å². The van der Waals surface area contributed by atoms with E-state index in [2.05, 4.69) is 20.4 Å². The molecule has 1 aromatic carbocycles. The van der Waals surface area contributed by atoms with Gasteiger partial charge in [-0.15, -0.1) is 0 Å². The molecule has 9 nitrogen and oxygen atoms in total. The summed E-state index contributed by atoms with van der Waals surface area (Å²) in [6.07, 6.45) is 4.32. The zero-order valence-electron chi connectivity index (χ0n) is 16.9. The number of amides is 1. The topological polar surface area (TPSA) is 117 Å². The predicted molar refractivity (Wildman–Crippen MR) is 110 cm³/mol. The van der Waals surface area contributed by atoms with Crippen LogP contribution in [0.25, 0.3) is 10.9 Å². The van der Waals surface area contributed by atoms with Gasteiger partial charge >= 0.3 is 0 Å². The van der Waals surface area contributed by atoms with Gasteiger partial charge in [0.15, 0.2) is 5.69 Å². The van der Waals surface area contributed by atoms with E-state index in [1.807, 2.05) is 18.2 Å². The van der Waals surface area contributed by atoms with E-state index in [9.17, 15) is 4.79 Å². The Hall–Kier alpha value is -2.65. The number of nitrogens with zero attached hydrogens (tertiary/aromatic N) is 2. The molecule has 1 atom stereocenters. The Morgan fingerprint density at radius 3 is 2.67 bits per heavy atom. The van der Waals surface area contributed by atoms with Crippen molar-refractivity contribution in [2.24, 2.45) is 5.92 Å². The molecule has 5 heterocycles. The van der Waals surface area contributed by atoms with Crippen LogP contribution in [0.5, 0.6) is 5.75 Å². The monoisotopic (exact) mass is 416 g/mol. The lowest BCUT2D eigenvalue weighted by Gasteiger charge is -2.44. The van der Waals surface area contributed by atoms with Crippen LogP contribution in [0.3, 0.4) is 0 Å². The van der Waals surface area contributed by atoms with E-state index >= 15 is 0 Å². The predicted octanol–water partition coefficient (Wildman–Crippen LogP) is 1.65. The number of hydrogen-bond donors (Lipinski definition) is 3. The summed E-state index contributed by atoms with van der Waals surface area (Å²) >= 11 is 0. The second-order valence-electron chi connectivity index (χ2n) is 8.03. The maximum absolute atomic E-state index is 12.9. The summed E-state index contributed by atoms with van der Waals surface area (Å²) in [5.74, 6) is 1.28. The molecule has 0 saturated carbocycles. The number of carboxylic acid groups (broad SMARTS) is 1. The van der Waals surface area contributed by atoms with Crippen LogP contribution >= 0.6 is 0 Å². The van der Waals surface area contributed by atoms with E-state index in [1.54, 1.807) is 0 Å². The van der Waals surface area contributed by atoms with Crippen LogP contribution < -0.4 is 10.1 Å². The van der Waals surface area contributed by atoms with Crippen LogP contribution in [0, 0.1) is 5.92 Å². The van der Waals surface area contributed by atoms with Crippen molar-refractivity contribution in [3.63, 3.8) is 0 Å². The third-order valence-electron chi connectivity index (χ3n) is 6.19. The number of rotatable bonds is 4. The first-order valence-electron chi connectivity index (χ1n) is 10.5. The van der Waals surface area contributed by atoms with Crippen molar-refractivity contribution in [2.45, 2.75) is 37.8 Å². The number of fused-ring (bicyclic) bond motifs is 4. The first kappa shape index (κ1) is 20.6. The van der Waals surface area contributed by atoms with Gasteiger partial charge in [0, 0.05) is 30.8 Å². The second kappa shape index (κ2) is 9.44. The van der Waals surface area contributed by atoms with Gasteiger partial charge in [0.2, 0.25) is 0 Å². The smallest absolute Gasteiger partial charge is 0.290 e. The Labute approximate surface area is 174 Å². The fraction of sp³-hybridized carbons (Fsp3) is 0.571. The highest BCUT2D eigenvalue weighted by Gasteiger charge is 2.35. The number of aromatic amines is 1. The summed E-state index contributed by atoms with van der Waals surface area (Å²) < 4.78 is 11.5. The molecule has 2 aromatic rings. The van der Waals surface area contributed by atoms with Crippen molar-refractivity contribution in [1.82, 2.24) is 20.4 Å². The second-order valence-corrected chi connectivity index (χ2v) is 8.03. The number of hydrogen-bond acceptors (Lipinski definition) is 6. The lowest BCUT2D eigenvalue weighted by atomic mass is 9.84. The van der Waals surface area contributed by atoms with Crippen LogP contribution in [-0.4, -0.2) is 77.6 Å². The Bertz CT molecular complexity index is 871. The molecule has 2 bridgehead atoms. The van der Waals surface area contributed by atoms with E-state index < -0.39 is 0 Å². The molecule has 4 saturated heterocycles. The lowest BCUT2D eigenvalue weighted by molar-refractivity contribution is -0.122. The number of nitrogens with one attached hydrogen (secondary N) is 2. The molecular formula is C21H28N4O5. The van der Waals surface area contributed by atoms with Crippen molar-refractivity contribution < 1.29 is 24.2 Å². The molecule has 0 radical (unpaired) electrons. The summed E-state index contributed by atoms with van der Waals surface area (Å²) in [6, 6.07) is 6.03. The minimum atomic E-state index is -0.250. The maximum atomic E-state index is 12.9. The van der Waals surface area contributed by atoms with Gasteiger partial charge in [-0.05, 0) is 50.0 Å². The summed E-state index contributed by atoms with van der Waals surface area (Å²) in [5, 5.41) is 18.2. The van der Waals surface area contributed by atoms with Gasteiger partial charge in [0.1, 0.15) is 11.9 Å². The van der Waals surface area contributed by atoms with E-state index in [-0.39, 0.29) is 24.5 Å². The summed E-state index contributed by atoms with van der Waals surface area (Å²) in [7, 11) is 0. The highest BCUT2D eigenvalue weighted by molar-refractivity contribution is 6.05. The third kappa shape index (κ3) is 4.57. The van der Waals surface area contributed by atoms with E-state index in [4.69, 9.17) is 19.4 Å². The molecular weight excluding hydrogens is 388 g/mol. The number of carbonyl (C=O) groups is 2. The standard InChI is InChI=1S/C20H26N4O3.CH2O2/c25-20(21-18-12-24-7-3-13(18)4-8-24)19-16-11-15(1-2-17(16)22-23-19)27-14-5-9-26-10-6-14;2-1-3/h1-2,11,13-14,18H,3-10,12H2,(H,21,25)(H,22,23);1H,(H,2,3)/t18-;/m1./s1. The van der Waals surface area contributed by atoms with Crippen molar-refractivity contribution in [1.29, 1.82) is 0 Å². The first-order valence-corrected chi connectivity index (χ1v) is 10.5. The normalized spacial score (nSPS) is 25.9. The molecule has 0 spiro atoms. The average Bonchev–Trinajstić information content (AvgIpc) is 3.19. The molecule has 1 aromatic heterocycles. The maximum Gasteiger partial charge on any atom is 0.290 e. The van der Waals surface area contributed by atoms with Crippen LogP contribution in [0.4, 0.5) is 0 Å². The lowest BCUT2D eigenvalue weighted by Crippen LogP contribution is -2.57. The Morgan fingerprint density at radius 2 is 2.00 bits per heavy atom. The van der Waals surface area contributed by atoms with Crippen LogP contribution in [0.15, 0.2) is 18.2 Å². The Balaban J connectivity index is 0.000000687. The van der Waals surface area contributed by atoms with E-state index in [0.717, 1.165) is 62.3 Å². The first-order chi connectivity index (χ1) is 14.7. The number of aromatic nitrogens is 2. The van der Waals surface area contributed by atoms with Gasteiger partial charge < -0.3 is 24.8 Å². The molecule has 3 N–H and O–H groups in total. The van der Waals surface area contributed by atoms with Crippen LogP contribution in [0.1, 0.15) is 36.2 Å². The molecule has 0 aliphatic carbocycles. The largest absolute Gasteiger partial charge is 0.490 e. The number of benzene rings is 1. The molecule has 4 aliphatic heterocycles. The Kier molecular flexibility index (Phi) is 6.49. The molecule has 30 heavy (non-hydrogen) atoms. The quantitative estimate of drug-likeness (QED) is 0.649. The van der Waals surface area contributed by atoms with Crippen molar-refractivity contribution in [3.8, 4) is 5.75 Å². The molecule has 0 unspecified atom stereocenters. The van der Waals surface area contributed by atoms with E-state index in [0.29, 0.717) is 11.6 Å². The van der Waals surface area contributed by atoms with Crippen molar-refractivity contribution >= 4 is 23.3 Å². The minimum absolute atomic E-state index is 0.0942. The van der Waals surface area contributed by atoms with Gasteiger partial charge in [-0.25, -0.2) is 0 Å². The highest BCUT2D eigenvalue weighted by atomic mass is 16.5. The average molecular weight is 416 g/mol. The van der Waals surface area contributed by atoms with Gasteiger partial charge in [-0.2, -0.15) is 5.10 Å². The van der Waals surface area contributed by atoms with Crippen LogP contribution in [0.2, 0.25) is 0 Å². The third-order valence-corrected chi connectivity index (χ3v) is 6.19. The van der Waals surface area contributed by atoms with Crippen molar-refractivity contribution in [3.05, 3.63) is 23.9 Å². The zero-order chi connectivity index (χ0) is 20.9. The van der Waals surface area contributed by atoms with Crippen molar-refractivity contribution in [2.75, 3.05) is 32.8 Å². The van der Waals surface area contributed by atoms with Crippen LogP contribution in [-0.2, 0) is 9.53 Å². The summed E-state index contributed by atoms with van der Waals surface area (Å²) in [4.78, 5) is 23.7. The number of ether oxygens (including phenoxy) is 2. The number of H-pyrrole nitrogens is 1. The molecule has 1 amide bonds. The molecule has 162 valence electrons. The molecule has 4 aliphatic rings. The van der Waals surface area contributed by atoms with Gasteiger partial charge in [-0.3, -0.25) is 14.7 Å². The molecule has 9 heteroatoms. The molecule has 4 fully saturated rings. The fourth-order valence-corrected chi connectivity index (χ4v) is 4.59. The fourth-order valence-electron chi connectivity index (χ4n) is 4.59. The van der Waals surface area contributed by atoms with Gasteiger partial charge in [0.25, 0.3) is 12.4 Å². The Morgan fingerprint density at radius 1 is 1.27 bits per heavy atom. The van der Waals surface area contributed by atoms with Gasteiger partial charge in [0.05, 0.1) is 18.7 Å². The minimum Gasteiger partial charge on any atom is -0.490 e. The number of carbonyl (C=O) groups excluding carboxylic acids is 1. The number of piperidine rings is 3. The molecule has 6 rings (SSSR count). The summed E-state index contributed by atoms with van der Waals surface area (Å²) in [6.45, 7) is 4.51. The van der Waals surface area contributed by atoms with E-state index in [1.165, 1.54) is 12.8 Å². The zero-order valence-corrected chi connectivity index (χ0v) is 16.9. The highest BCUT2D eigenvalue weighted by Crippen LogP contribution is 2.29.